The highest BCUT2D eigenvalue weighted by Gasteiger charge is 2.29. The summed E-state index contributed by atoms with van der Waals surface area (Å²) in [6.07, 6.45) is 5.33. The SMILES string of the molecule is CC(C)n1c([C@H]2CCCN(CCC(=O)N3CCC[C@H]3C)C2)nc2ccccc21. The molecule has 0 bridgehead atoms. The normalized spacial score (nSPS) is 23.8. The first-order valence-electron chi connectivity index (χ1n) is 11.0. The minimum absolute atomic E-state index is 0.335. The predicted molar refractivity (Wildman–Crippen MR) is 114 cm³/mol. The van der Waals surface area contributed by atoms with E-state index in [4.69, 9.17) is 4.98 Å². The highest BCUT2D eigenvalue weighted by atomic mass is 16.2. The fourth-order valence-corrected chi connectivity index (χ4v) is 5.06. The van der Waals surface area contributed by atoms with Crippen LogP contribution in [0.15, 0.2) is 24.3 Å². The van der Waals surface area contributed by atoms with E-state index in [2.05, 4.69) is 59.4 Å². The number of benzene rings is 1. The van der Waals surface area contributed by atoms with Crippen LogP contribution in [-0.2, 0) is 4.79 Å². The van der Waals surface area contributed by atoms with Crippen molar-refractivity contribution in [3.05, 3.63) is 30.1 Å². The quantitative estimate of drug-likeness (QED) is 0.778. The molecule has 2 aliphatic heterocycles. The van der Waals surface area contributed by atoms with E-state index in [1.807, 2.05) is 0 Å². The van der Waals surface area contributed by atoms with Crippen molar-refractivity contribution in [1.29, 1.82) is 0 Å². The number of fused-ring (bicyclic) bond motifs is 1. The fourth-order valence-electron chi connectivity index (χ4n) is 5.06. The lowest BCUT2D eigenvalue weighted by Crippen LogP contribution is -2.40. The van der Waals surface area contributed by atoms with Crippen molar-refractivity contribution < 1.29 is 4.79 Å². The van der Waals surface area contributed by atoms with Gasteiger partial charge in [0.15, 0.2) is 0 Å². The minimum Gasteiger partial charge on any atom is -0.340 e. The van der Waals surface area contributed by atoms with Crippen LogP contribution in [-0.4, -0.2) is 57.5 Å². The van der Waals surface area contributed by atoms with Crippen LogP contribution in [0.2, 0.25) is 0 Å². The summed E-state index contributed by atoms with van der Waals surface area (Å²) in [5.41, 5.74) is 2.34. The van der Waals surface area contributed by atoms with E-state index < -0.39 is 0 Å². The molecule has 0 aliphatic carbocycles. The Kier molecular flexibility index (Phi) is 5.72. The Morgan fingerprint density at radius 2 is 1.96 bits per heavy atom. The van der Waals surface area contributed by atoms with Crippen LogP contribution in [0.25, 0.3) is 11.0 Å². The highest BCUT2D eigenvalue weighted by molar-refractivity contribution is 5.77. The number of hydrogen-bond acceptors (Lipinski definition) is 3. The van der Waals surface area contributed by atoms with Gasteiger partial charge in [-0.2, -0.15) is 0 Å². The Hall–Kier alpha value is -1.88. The molecule has 2 aliphatic rings. The zero-order valence-electron chi connectivity index (χ0n) is 17.6. The summed E-state index contributed by atoms with van der Waals surface area (Å²) in [7, 11) is 0. The number of para-hydroxylation sites is 2. The molecule has 2 aromatic rings. The van der Waals surface area contributed by atoms with Crippen LogP contribution in [0.3, 0.4) is 0 Å². The Bertz CT molecular complexity index is 827. The van der Waals surface area contributed by atoms with Crippen molar-refractivity contribution in [2.75, 3.05) is 26.2 Å². The molecule has 5 nitrogen and oxygen atoms in total. The molecule has 0 radical (unpaired) electrons. The van der Waals surface area contributed by atoms with E-state index >= 15 is 0 Å². The van der Waals surface area contributed by atoms with Crippen LogP contribution in [0.5, 0.6) is 0 Å². The molecular formula is C23H34N4O. The maximum absolute atomic E-state index is 12.6. The molecule has 1 aromatic carbocycles. The summed E-state index contributed by atoms with van der Waals surface area (Å²) >= 11 is 0. The van der Waals surface area contributed by atoms with Gasteiger partial charge in [0.25, 0.3) is 0 Å². The summed E-state index contributed by atoms with van der Waals surface area (Å²) in [6.45, 7) is 10.6. The van der Waals surface area contributed by atoms with Gasteiger partial charge in [0.1, 0.15) is 5.82 Å². The number of hydrogen-bond donors (Lipinski definition) is 0. The molecule has 2 saturated heterocycles. The van der Waals surface area contributed by atoms with Crippen molar-refractivity contribution in [2.24, 2.45) is 0 Å². The van der Waals surface area contributed by atoms with E-state index in [0.717, 1.165) is 44.5 Å². The van der Waals surface area contributed by atoms with E-state index in [0.29, 0.717) is 30.3 Å². The summed E-state index contributed by atoms with van der Waals surface area (Å²) in [6, 6.07) is 9.30. The smallest absolute Gasteiger partial charge is 0.224 e. The molecule has 2 atom stereocenters. The van der Waals surface area contributed by atoms with Gasteiger partial charge < -0.3 is 14.4 Å². The third kappa shape index (κ3) is 3.82. The summed E-state index contributed by atoms with van der Waals surface area (Å²) in [4.78, 5) is 22.2. The van der Waals surface area contributed by atoms with Gasteiger partial charge >= 0.3 is 0 Å². The van der Waals surface area contributed by atoms with Gasteiger partial charge in [-0.3, -0.25) is 4.79 Å². The molecule has 0 saturated carbocycles. The molecular weight excluding hydrogens is 348 g/mol. The number of nitrogens with zero attached hydrogens (tertiary/aromatic N) is 4. The van der Waals surface area contributed by atoms with Crippen molar-refractivity contribution in [1.82, 2.24) is 19.4 Å². The van der Waals surface area contributed by atoms with Crippen molar-refractivity contribution in [3.63, 3.8) is 0 Å². The number of carbonyl (C=O) groups excluding carboxylic acids is 1. The third-order valence-corrected chi connectivity index (χ3v) is 6.53. The van der Waals surface area contributed by atoms with Crippen molar-refractivity contribution in [3.8, 4) is 0 Å². The number of imidazole rings is 1. The Balaban J connectivity index is 1.45. The van der Waals surface area contributed by atoms with Crippen molar-refractivity contribution >= 4 is 16.9 Å². The van der Waals surface area contributed by atoms with Gasteiger partial charge in [-0.25, -0.2) is 4.98 Å². The second-order valence-corrected chi connectivity index (χ2v) is 8.89. The average molecular weight is 383 g/mol. The third-order valence-electron chi connectivity index (χ3n) is 6.53. The molecule has 152 valence electrons. The lowest BCUT2D eigenvalue weighted by molar-refractivity contribution is -0.132. The number of carbonyl (C=O) groups is 1. The van der Waals surface area contributed by atoms with Crippen LogP contribution >= 0.6 is 0 Å². The number of amides is 1. The van der Waals surface area contributed by atoms with Gasteiger partial charge in [0.05, 0.1) is 11.0 Å². The molecule has 2 fully saturated rings. The van der Waals surface area contributed by atoms with Crippen molar-refractivity contribution in [2.45, 2.75) is 70.9 Å². The first-order valence-corrected chi connectivity index (χ1v) is 11.0. The largest absolute Gasteiger partial charge is 0.340 e. The lowest BCUT2D eigenvalue weighted by Gasteiger charge is -2.33. The molecule has 1 aromatic heterocycles. The first-order chi connectivity index (χ1) is 13.5. The molecule has 0 spiro atoms. The fraction of sp³-hybridized carbons (Fsp3) is 0.652. The number of likely N-dealkylation sites (tertiary alicyclic amines) is 2. The number of aromatic nitrogens is 2. The average Bonchev–Trinajstić information content (AvgIpc) is 3.30. The predicted octanol–water partition coefficient (Wildman–Crippen LogP) is 4.20. The van der Waals surface area contributed by atoms with Gasteiger partial charge in [0.2, 0.25) is 5.91 Å². The van der Waals surface area contributed by atoms with E-state index in [-0.39, 0.29) is 0 Å². The van der Waals surface area contributed by atoms with Crippen LogP contribution in [0, 0.1) is 0 Å². The van der Waals surface area contributed by atoms with E-state index in [1.165, 1.54) is 24.2 Å². The second-order valence-electron chi connectivity index (χ2n) is 8.89. The van der Waals surface area contributed by atoms with E-state index in [1.54, 1.807) is 0 Å². The maximum atomic E-state index is 12.6. The summed E-state index contributed by atoms with van der Waals surface area (Å²) in [5, 5.41) is 0. The van der Waals surface area contributed by atoms with E-state index in [9.17, 15) is 4.79 Å². The summed E-state index contributed by atoms with van der Waals surface area (Å²) in [5.74, 6) is 2.01. The molecule has 0 N–H and O–H groups in total. The zero-order valence-corrected chi connectivity index (χ0v) is 17.6. The van der Waals surface area contributed by atoms with Gasteiger partial charge in [-0.1, -0.05) is 12.1 Å². The Morgan fingerprint density at radius 1 is 1.18 bits per heavy atom. The second kappa shape index (κ2) is 8.24. The van der Waals surface area contributed by atoms with Gasteiger partial charge in [-0.15, -0.1) is 0 Å². The van der Waals surface area contributed by atoms with Crippen LogP contribution < -0.4 is 0 Å². The van der Waals surface area contributed by atoms with Crippen LogP contribution in [0.4, 0.5) is 0 Å². The molecule has 28 heavy (non-hydrogen) atoms. The van der Waals surface area contributed by atoms with Gasteiger partial charge in [-0.05, 0) is 65.1 Å². The topological polar surface area (TPSA) is 41.4 Å². The number of piperidine rings is 1. The monoisotopic (exact) mass is 382 g/mol. The Labute approximate surface area is 168 Å². The molecule has 4 rings (SSSR count). The first kappa shape index (κ1) is 19.4. The zero-order chi connectivity index (χ0) is 19.7. The highest BCUT2D eigenvalue weighted by Crippen LogP contribution is 2.31. The molecule has 0 unspecified atom stereocenters. The standard InChI is InChI=1S/C23H34N4O/c1-17(2)27-21-11-5-4-10-20(21)24-23(27)19-9-7-13-25(16-19)15-12-22(28)26-14-6-8-18(26)3/h4-5,10-11,17-19H,6-9,12-16H2,1-3H3/t18-,19+/m1/s1. The number of rotatable bonds is 5. The lowest BCUT2D eigenvalue weighted by atomic mass is 9.96. The molecule has 5 heteroatoms. The summed E-state index contributed by atoms with van der Waals surface area (Å²) < 4.78 is 2.42. The van der Waals surface area contributed by atoms with Crippen LogP contribution in [0.1, 0.15) is 70.7 Å². The molecule has 3 heterocycles. The molecule has 1 amide bonds. The van der Waals surface area contributed by atoms with Gasteiger partial charge in [0, 0.05) is 44.1 Å². The minimum atomic E-state index is 0.335. The maximum Gasteiger partial charge on any atom is 0.224 e. The Morgan fingerprint density at radius 3 is 2.71 bits per heavy atom.